The molecule has 0 N–H and O–H groups in total. The summed E-state index contributed by atoms with van der Waals surface area (Å²) >= 11 is 4.33. The van der Waals surface area contributed by atoms with Gasteiger partial charge in [0.2, 0.25) is 5.91 Å². The number of thiol groups is 1. The van der Waals surface area contributed by atoms with Crippen LogP contribution in [0.2, 0.25) is 0 Å². The highest BCUT2D eigenvalue weighted by Gasteiger charge is 2.32. The third kappa shape index (κ3) is 2.31. The number of amides is 1. The Labute approximate surface area is 125 Å². The molecule has 0 aliphatic carbocycles. The Balaban J connectivity index is 1.97. The molecule has 3 heteroatoms. The number of benzene rings is 2. The van der Waals surface area contributed by atoms with Gasteiger partial charge in [0.25, 0.3) is 0 Å². The highest BCUT2D eigenvalue weighted by atomic mass is 32.1. The van der Waals surface area contributed by atoms with Crippen LogP contribution in [0.5, 0.6) is 0 Å². The van der Waals surface area contributed by atoms with E-state index in [1.54, 1.807) is 0 Å². The number of fused-ring (bicyclic) bond motifs is 1. The minimum Gasteiger partial charge on any atom is -0.336 e. The predicted octanol–water partition coefficient (Wildman–Crippen LogP) is 3.68. The fourth-order valence-corrected chi connectivity index (χ4v) is 3.33. The van der Waals surface area contributed by atoms with E-state index in [0.29, 0.717) is 12.3 Å². The first-order valence-corrected chi connectivity index (χ1v) is 7.72. The molecule has 3 rings (SSSR count). The number of likely N-dealkylation sites (tertiary alicyclic amines) is 1. The lowest BCUT2D eigenvalue weighted by Crippen LogP contribution is -2.28. The Bertz CT molecular complexity index is 634. The van der Waals surface area contributed by atoms with Crippen molar-refractivity contribution in [2.45, 2.75) is 19.4 Å². The van der Waals surface area contributed by atoms with Gasteiger partial charge < -0.3 is 4.90 Å². The first kappa shape index (κ1) is 13.5. The zero-order valence-electron chi connectivity index (χ0n) is 11.6. The Morgan fingerprint density at radius 2 is 2.00 bits per heavy atom. The van der Waals surface area contributed by atoms with E-state index in [2.05, 4.69) is 62.0 Å². The molecule has 1 aliphatic rings. The largest absolute Gasteiger partial charge is 0.336 e. The third-order valence-corrected chi connectivity index (χ3v) is 4.75. The van der Waals surface area contributed by atoms with Gasteiger partial charge in [0.1, 0.15) is 0 Å². The number of hydrogen-bond acceptors (Lipinski definition) is 2. The van der Waals surface area contributed by atoms with Gasteiger partial charge in [-0.25, -0.2) is 0 Å². The van der Waals surface area contributed by atoms with Gasteiger partial charge in [0.05, 0.1) is 6.04 Å². The van der Waals surface area contributed by atoms with E-state index in [9.17, 15) is 4.79 Å². The standard InChI is InChI=1S/C17H19NOS/c1-12(18-10-13(11-20)9-17(18)19)15-8-4-6-14-5-2-3-7-16(14)15/h2-8,12-13,20H,9-11H2,1H3/t12-,13?/m0/s1. The first-order valence-electron chi connectivity index (χ1n) is 7.08. The quantitative estimate of drug-likeness (QED) is 0.853. The van der Waals surface area contributed by atoms with Gasteiger partial charge in [-0.1, -0.05) is 42.5 Å². The molecule has 2 nitrogen and oxygen atoms in total. The van der Waals surface area contributed by atoms with Crippen LogP contribution in [-0.2, 0) is 4.79 Å². The average Bonchev–Trinajstić information content (AvgIpc) is 2.87. The summed E-state index contributed by atoms with van der Waals surface area (Å²) in [5.74, 6) is 1.43. The van der Waals surface area contributed by atoms with Crippen molar-refractivity contribution in [2.24, 2.45) is 5.92 Å². The van der Waals surface area contributed by atoms with E-state index in [0.717, 1.165) is 12.3 Å². The van der Waals surface area contributed by atoms with Gasteiger partial charge in [-0.05, 0) is 34.9 Å². The molecule has 1 fully saturated rings. The fraction of sp³-hybridized carbons (Fsp3) is 0.353. The molecule has 0 radical (unpaired) electrons. The smallest absolute Gasteiger partial charge is 0.223 e. The second-order valence-electron chi connectivity index (χ2n) is 5.54. The maximum atomic E-state index is 12.2. The Morgan fingerprint density at radius 3 is 2.75 bits per heavy atom. The molecule has 1 heterocycles. The van der Waals surface area contributed by atoms with E-state index >= 15 is 0 Å². The number of nitrogens with zero attached hydrogens (tertiary/aromatic N) is 1. The maximum Gasteiger partial charge on any atom is 0.223 e. The summed E-state index contributed by atoms with van der Waals surface area (Å²) in [6, 6.07) is 14.8. The van der Waals surface area contributed by atoms with Crippen LogP contribution in [0.15, 0.2) is 42.5 Å². The maximum absolute atomic E-state index is 12.2. The van der Waals surface area contributed by atoms with Crippen molar-refractivity contribution in [3.05, 3.63) is 48.0 Å². The van der Waals surface area contributed by atoms with E-state index in [-0.39, 0.29) is 11.9 Å². The Hall–Kier alpha value is -1.48. The van der Waals surface area contributed by atoms with Crippen molar-refractivity contribution in [1.82, 2.24) is 4.90 Å². The number of rotatable bonds is 3. The molecule has 1 unspecified atom stereocenters. The van der Waals surface area contributed by atoms with Crippen molar-refractivity contribution >= 4 is 29.3 Å². The monoisotopic (exact) mass is 285 g/mol. The second kappa shape index (κ2) is 5.49. The number of carbonyl (C=O) groups is 1. The lowest BCUT2D eigenvalue weighted by Gasteiger charge is -2.26. The summed E-state index contributed by atoms with van der Waals surface area (Å²) in [7, 11) is 0. The summed E-state index contributed by atoms with van der Waals surface area (Å²) < 4.78 is 0. The lowest BCUT2D eigenvalue weighted by molar-refractivity contribution is -0.129. The van der Waals surface area contributed by atoms with Gasteiger partial charge in [-0.3, -0.25) is 4.79 Å². The molecule has 1 saturated heterocycles. The second-order valence-corrected chi connectivity index (χ2v) is 5.91. The minimum atomic E-state index is 0.124. The minimum absolute atomic E-state index is 0.124. The van der Waals surface area contributed by atoms with Gasteiger partial charge in [-0.15, -0.1) is 0 Å². The van der Waals surface area contributed by atoms with Gasteiger partial charge in [0, 0.05) is 13.0 Å². The SMILES string of the molecule is C[C@@H](c1cccc2ccccc12)N1CC(CS)CC1=O. The van der Waals surface area contributed by atoms with Crippen molar-refractivity contribution < 1.29 is 4.79 Å². The summed E-state index contributed by atoms with van der Waals surface area (Å²) in [5.41, 5.74) is 1.23. The van der Waals surface area contributed by atoms with E-state index < -0.39 is 0 Å². The van der Waals surface area contributed by atoms with Crippen LogP contribution in [0.1, 0.15) is 24.9 Å². The lowest BCUT2D eigenvalue weighted by atomic mass is 9.99. The average molecular weight is 285 g/mol. The summed E-state index contributed by atoms with van der Waals surface area (Å²) in [6.07, 6.45) is 0.638. The summed E-state index contributed by atoms with van der Waals surface area (Å²) in [5, 5.41) is 2.47. The molecule has 1 aliphatic heterocycles. The molecule has 2 aromatic carbocycles. The highest BCUT2D eigenvalue weighted by molar-refractivity contribution is 7.80. The fourth-order valence-electron chi connectivity index (χ4n) is 3.09. The van der Waals surface area contributed by atoms with Crippen LogP contribution >= 0.6 is 12.6 Å². The van der Waals surface area contributed by atoms with E-state index in [1.807, 2.05) is 4.90 Å². The number of carbonyl (C=O) groups excluding carboxylic acids is 1. The van der Waals surface area contributed by atoms with Crippen molar-refractivity contribution in [2.75, 3.05) is 12.3 Å². The molecular weight excluding hydrogens is 266 g/mol. The van der Waals surface area contributed by atoms with Crippen molar-refractivity contribution in [3.8, 4) is 0 Å². The van der Waals surface area contributed by atoms with Crippen LogP contribution in [0.4, 0.5) is 0 Å². The van der Waals surface area contributed by atoms with Crippen LogP contribution in [0.25, 0.3) is 10.8 Å². The molecule has 2 atom stereocenters. The summed E-state index contributed by atoms with van der Waals surface area (Å²) in [6.45, 7) is 2.95. The molecule has 0 bridgehead atoms. The topological polar surface area (TPSA) is 20.3 Å². The zero-order chi connectivity index (χ0) is 14.1. The van der Waals surface area contributed by atoms with Gasteiger partial charge >= 0.3 is 0 Å². The van der Waals surface area contributed by atoms with E-state index in [4.69, 9.17) is 0 Å². The molecule has 104 valence electrons. The Kier molecular flexibility index (Phi) is 3.70. The van der Waals surface area contributed by atoms with Crippen LogP contribution in [-0.4, -0.2) is 23.1 Å². The van der Waals surface area contributed by atoms with E-state index in [1.165, 1.54) is 16.3 Å². The van der Waals surface area contributed by atoms with Crippen LogP contribution < -0.4 is 0 Å². The van der Waals surface area contributed by atoms with Gasteiger partial charge in [-0.2, -0.15) is 12.6 Å². The highest BCUT2D eigenvalue weighted by Crippen LogP contribution is 2.32. The molecule has 0 spiro atoms. The normalized spacial score (nSPS) is 20.6. The van der Waals surface area contributed by atoms with Crippen LogP contribution in [0, 0.1) is 5.92 Å². The Morgan fingerprint density at radius 1 is 1.25 bits per heavy atom. The molecule has 0 aromatic heterocycles. The van der Waals surface area contributed by atoms with Crippen LogP contribution in [0.3, 0.4) is 0 Å². The molecule has 1 amide bonds. The third-order valence-electron chi connectivity index (χ3n) is 4.24. The summed E-state index contributed by atoms with van der Waals surface area (Å²) in [4.78, 5) is 14.2. The molecular formula is C17H19NOS. The first-order chi connectivity index (χ1) is 9.70. The van der Waals surface area contributed by atoms with Crippen molar-refractivity contribution in [1.29, 1.82) is 0 Å². The van der Waals surface area contributed by atoms with Gasteiger partial charge in [0.15, 0.2) is 0 Å². The molecule has 2 aromatic rings. The van der Waals surface area contributed by atoms with Crippen molar-refractivity contribution in [3.63, 3.8) is 0 Å². The predicted molar refractivity (Wildman–Crippen MR) is 86.0 cm³/mol. The molecule has 0 saturated carbocycles. The number of hydrogen-bond donors (Lipinski definition) is 1. The zero-order valence-corrected chi connectivity index (χ0v) is 12.5. The molecule has 20 heavy (non-hydrogen) atoms.